The number of benzene rings is 1. The highest BCUT2D eigenvalue weighted by Crippen LogP contribution is 2.12. The molecule has 0 bridgehead atoms. The molecule has 0 aliphatic heterocycles. The normalized spacial score (nSPS) is 11.6. The van der Waals surface area contributed by atoms with Crippen LogP contribution in [-0.4, -0.2) is 61.2 Å². The van der Waals surface area contributed by atoms with E-state index in [0.717, 1.165) is 11.4 Å². The van der Waals surface area contributed by atoms with E-state index in [0.29, 0.717) is 52.9 Å². The van der Waals surface area contributed by atoms with Gasteiger partial charge in [0.1, 0.15) is 12.4 Å². The van der Waals surface area contributed by atoms with Crippen LogP contribution in [0, 0.1) is 0 Å². The number of hydrogen-bond acceptors (Lipinski definition) is 6. The van der Waals surface area contributed by atoms with E-state index in [1.54, 1.807) is 0 Å². The lowest BCUT2D eigenvalue weighted by molar-refractivity contribution is 0.00461. The van der Waals surface area contributed by atoms with Crippen LogP contribution in [0.2, 0.25) is 19.6 Å². The number of nitrogens with two attached hydrogens (primary N) is 1. The molecule has 0 saturated heterocycles. The van der Waals surface area contributed by atoms with Gasteiger partial charge in [0.15, 0.2) is 8.32 Å². The van der Waals surface area contributed by atoms with Gasteiger partial charge in [0.2, 0.25) is 0 Å². The summed E-state index contributed by atoms with van der Waals surface area (Å²) in [5.74, 6) is 0.791. The highest BCUT2D eigenvalue weighted by atomic mass is 28.4. The van der Waals surface area contributed by atoms with Crippen molar-refractivity contribution < 1.29 is 23.4 Å². The van der Waals surface area contributed by atoms with E-state index in [4.69, 9.17) is 29.1 Å². The predicted octanol–water partition coefficient (Wildman–Crippen LogP) is 2.55. The molecule has 0 spiro atoms. The van der Waals surface area contributed by atoms with Gasteiger partial charge in [-0.05, 0) is 43.9 Å². The fraction of sp³-hybridized carbons (Fsp3) is 0.647. The highest BCUT2D eigenvalue weighted by molar-refractivity contribution is 6.69. The molecule has 0 amide bonds. The van der Waals surface area contributed by atoms with E-state index in [2.05, 4.69) is 19.6 Å². The molecule has 0 aromatic heterocycles. The van der Waals surface area contributed by atoms with Crippen LogP contribution in [0.25, 0.3) is 0 Å². The first kappa shape index (κ1) is 20.9. The Balaban J connectivity index is 1.80. The van der Waals surface area contributed by atoms with Crippen molar-refractivity contribution in [3.8, 4) is 5.75 Å². The maximum atomic E-state index is 5.68. The Morgan fingerprint density at radius 2 is 1.17 bits per heavy atom. The van der Waals surface area contributed by atoms with Gasteiger partial charge in [0.05, 0.1) is 46.2 Å². The second-order valence-electron chi connectivity index (χ2n) is 6.22. The first-order valence-electron chi connectivity index (χ1n) is 8.33. The summed E-state index contributed by atoms with van der Waals surface area (Å²) in [7, 11) is -1.42. The summed E-state index contributed by atoms with van der Waals surface area (Å²) in [6, 6.07) is 7.30. The maximum Gasteiger partial charge on any atom is 0.183 e. The zero-order valence-electron chi connectivity index (χ0n) is 15.1. The van der Waals surface area contributed by atoms with E-state index < -0.39 is 8.32 Å². The number of hydrogen-bond donors (Lipinski definition) is 1. The Morgan fingerprint density at radius 1 is 0.708 bits per heavy atom. The SMILES string of the molecule is C[Si](C)(C)OCCOCCOCCOCCOc1ccc(N)cc1. The molecule has 0 fully saturated rings. The maximum absolute atomic E-state index is 5.68. The lowest BCUT2D eigenvalue weighted by Crippen LogP contribution is -2.27. The van der Waals surface area contributed by atoms with Crippen LogP contribution in [0.4, 0.5) is 5.69 Å². The molecule has 138 valence electrons. The zero-order valence-corrected chi connectivity index (χ0v) is 16.1. The molecule has 0 saturated carbocycles. The first-order valence-corrected chi connectivity index (χ1v) is 11.7. The van der Waals surface area contributed by atoms with Crippen molar-refractivity contribution >= 4 is 14.0 Å². The van der Waals surface area contributed by atoms with Crippen LogP contribution in [0.5, 0.6) is 5.75 Å². The second kappa shape index (κ2) is 12.3. The number of rotatable bonds is 14. The van der Waals surface area contributed by atoms with E-state index >= 15 is 0 Å². The molecule has 7 heteroatoms. The van der Waals surface area contributed by atoms with Crippen molar-refractivity contribution in [2.24, 2.45) is 0 Å². The third-order valence-electron chi connectivity index (χ3n) is 2.88. The van der Waals surface area contributed by atoms with Crippen LogP contribution in [0.15, 0.2) is 24.3 Å². The topological polar surface area (TPSA) is 72.2 Å². The lowest BCUT2D eigenvalue weighted by atomic mass is 10.3. The monoisotopic (exact) mass is 357 g/mol. The molecule has 0 unspecified atom stereocenters. The molecule has 0 radical (unpaired) electrons. The van der Waals surface area contributed by atoms with Gasteiger partial charge in [-0.1, -0.05) is 0 Å². The zero-order chi connectivity index (χ0) is 17.7. The minimum absolute atomic E-state index is 0.504. The predicted molar refractivity (Wildman–Crippen MR) is 98.1 cm³/mol. The van der Waals surface area contributed by atoms with Crippen LogP contribution in [-0.2, 0) is 18.6 Å². The fourth-order valence-electron chi connectivity index (χ4n) is 1.73. The molecule has 1 aromatic rings. The van der Waals surface area contributed by atoms with Gasteiger partial charge in [-0.15, -0.1) is 0 Å². The summed E-state index contributed by atoms with van der Waals surface area (Å²) in [4.78, 5) is 0. The summed E-state index contributed by atoms with van der Waals surface area (Å²) in [5.41, 5.74) is 6.33. The summed E-state index contributed by atoms with van der Waals surface area (Å²) < 4.78 is 27.5. The molecule has 0 atom stereocenters. The molecule has 2 N–H and O–H groups in total. The molecule has 1 aromatic carbocycles. The van der Waals surface area contributed by atoms with Crippen molar-refractivity contribution in [2.45, 2.75) is 19.6 Å². The quantitative estimate of drug-likeness (QED) is 0.313. The van der Waals surface area contributed by atoms with Crippen LogP contribution < -0.4 is 10.5 Å². The molecule has 0 heterocycles. The Bertz CT molecular complexity index is 422. The average Bonchev–Trinajstić information content (AvgIpc) is 2.52. The number of ether oxygens (including phenoxy) is 4. The lowest BCUT2D eigenvalue weighted by Gasteiger charge is -2.16. The summed E-state index contributed by atoms with van der Waals surface area (Å²) in [5, 5.41) is 0. The minimum atomic E-state index is -1.42. The first-order chi connectivity index (χ1) is 11.5. The van der Waals surface area contributed by atoms with Crippen LogP contribution >= 0.6 is 0 Å². The number of nitrogen functional groups attached to an aromatic ring is 1. The van der Waals surface area contributed by atoms with Crippen LogP contribution in [0.1, 0.15) is 0 Å². The molecular weight excluding hydrogens is 326 g/mol. The Kier molecular flexibility index (Phi) is 10.7. The fourth-order valence-corrected chi connectivity index (χ4v) is 2.43. The second-order valence-corrected chi connectivity index (χ2v) is 10.7. The molecular formula is C17H31NO5Si. The van der Waals surface area contributed by atoms with Gasteiger partial charge in [0.25, 0.3) is 0 Å². The third kappa shape index (κ3) is 12.3. The van der Waals surface area contributed by atoms with Crippen LogP contribution in [0.3, 0.4) is 0 Å². The summed E-state index contributed by atoms with van der Waals surface area (Å²) in [6.07, 6.45) is 0. The van der Waals surface area contributed by atoms with Gasteiger partial charge in [-0.2, -0.15) is 0 Å². The van der Waals surface area contributed by atoms with Crippen molar-refractivity contribution in [2.75, 3.05) is 58.6 Å². The van der Waals surface area contributed by atoms with Gasteiger partial charge < -0.3 is 29.1 Å². The van der Waals surface area contributed by atoms with Crippen molar-refractivity contribution in [1.82, 2.24) is 0 Å². The van der Waals surface area contributed by atoms with Gasteiger partial charge >= 0.3 is 0 Å². The third-order valence-corrected chi connectivity index (χ3v) is 3.95. The standard InChI is InChI=1S/C17H31NO5Si/c1-24(2,3)23-15-13-21-11-9-19-8-10-20-12-14-22-17-6-4-16(18)5-7-17/h4-7H,8-15,18H2,1-3H3. The molecule has 0 aliphatic rings. The van der Waals surface area contributed by atoms with E-state index in [1.165, 1.54) is 0 Å². The molecule has 0 aliphatic carbocycles. The minimum Gasteiger partial charge on any atom is -0.491 e. The van der Waals surface area contributed by atoms with Gasteiger partial charge in [-0.3, -0.25) is 0 Å². The van der Waals surface area contributed by atoms with Gasteiger partial charge in [-0.25, -0.2) is 0 Å². The number of anilines is 1. The Hall–Kier alpha value is -1.12. The molecule has 1 rings (SSSR count). The highest BCUT2D eigenvalue weighted by Gasteiger charge is 2.12. The Morgan fingerprint density at radius 3 is 1.67 bits per heavy atom. The smallest absolute Gasteiger partial charge is 0.183 e. The molecule has 24 heavy (non-hydrogen) atoms. The largest absolute Gasteiger partial charge is 0.491 e. The molecule has 6 nitrogen and oxygen atoms in total. The van der Waals surface area contributed by atoms with Crippen molar-refractivity contribution in [3.05, 3.63) is 24.3 Å². The summed E-state index contributed by atoms with van der Waals surface area (Å²) >= 11 is 0. The van der Waals surface area contributed by atoms with Crippen molar-refractivity contribution in [3.63, 3.8) is 0 Å². The Labute approximate surface area is 146 Å². The van der Waals surface area contributed by atoms with E-state index in [1.807, 2.05) is 24.3 Å². The van der Waals surface area contributed by atoms with Gasteiger partial charge in [0, 0.05) is 5.69 Å². The average molecular weight is 358 g/mol. The van der Waals surface area contributed by atoms with E-state index in [-0.39, 0.29) is 0 Å². The van der Waals surface area contributed by atoms with E-state index in [9.17, 15) is 0 Å². The summed E-state index contributed by atoms with van der Waals surface area (Å²) in [6.45, 7) is 11.0. The van der Waals surface area contributed by atoms with Crippen molar-refractivity contribution in [1.29, 1.82) is 0 Å².